The summed E-state index contributed by atoms with van der Waals surface area (Å²) in [4.78, 5) is 10.3. The lowest BCUT2D eigenvalue weighted by atomic mass is 10.1. The normalized spacial score (nSPS) is 12.7. The second-order valence-corrected chi connectivity index (χ2v) is 1.81. The van der Waals surface area contributed by atoms with Crippen LogP contribution in [0.15, 0.2) is 12.2 Å². The number of carbonyl (C=O) groups is 1. The molecule has 0 spiro atoms. The summed E-state index contributed by atoms with van der Waals surface area (Å²) in [5.41, 5.74) is 4.90. The largest absolute Gasteiger partial charge is 0.388 e. The predicted molar refractivity (Wildman–Crippen MR) is 34.6 cm³/mol. The first-order valence-electron chi connectivity index (χ1n) is 2.76. The molecule has 3 N–H and O–H groups in total. The highest BCUT2D eigenvalue weighted by atomic mass is 16.3. The number of hydrogen-bond donors (Lipinski definition) is 2. The smallest absolute Gasteiger partial charge is 0.246 e. The summed E-state index contributed by atoms with van der Waals surface area (Å²) >= 11 is 0. The van der Waals surface area contributed by atoms with Gasteiger partial charge in [-0.3, -0.25) is 4.79 Å². The summed E-state index contributed by atoms with van der Waals surface area (Å²) in [6.07, 6.45) is -0.301. The fraction of sp³-hybridized carbons (Fsp3) is 0.500. The summed E-state index contributed by atoms with van der Waals surface area (Å²) in [5.74, 6) is -0.635. The van der Waals surface area contributed by atoms with Gasteiger partial charge in [0, 0.05) is 5.57 Å². The van der Waals surface area contributed by atoms with Gasteiger partial charge in [0.15, 0.2) is 0 Å². The summed E-state index contributed by atoms with van der Waals surface area (Å²) in [6, 6.07) is 0. The molecule has 0 aliphatic carbocycles. The average Bonchev–Trinajstić information content (AvgIpc) is 1.84. The molecule has 9 heavy (non-hydrogen) atoms. The van der Waals surface area contributed by atoms with Crippen molar-refractivity contribution in [2.24, 2.45) is 5.73 Å². The van der Waals surface area contributed by atoms with Crippen LogP contribution < -0.4 is 5.73 Å². The lowest BCUT2D eigenvalue weighted by Crippen LogP contribution is -2.22. The van der Waals surface area contributed by atoms with Gasteiger partial charge in [0.05, 0.1) is 6.10 Å². The van der Waals surface area contributed by atoms with E-state index >= 15 is 0 Å². The van der Waals surface area contributed by atoms with Crippen LogP contribution in [0.1, 0.15) is 13.3 Å². The minimum absolute atomic E-state index is 0.0810. The number of rotatable bonds is 3. The zero-order chi connectivity index (χ0) is 7.44. The Kier molecular flexibility index (Phi) is 2.95. The van der Waals surface area contributed by atoms with Gasteiger partial charge in [0.1, 0.15) is 0 Å². The Morgan fingerprint density at radius 2 is 2.33 bits per heavy atom. The minimum atomic E-state index is -0.775. The van der Waals surface area contributed by atoms with Crippen LogP contribution in [0.3, 0.4) is 0 Å². The molecule has 52 valence electrons. The number of aliphatic hydroxyl groups excluding tert-OH is 1. The average molecular weight is 129 g/mol. The molecule has 1 atom stereocenters. The van der Waals surface area contributed by atoms with Crippen molar-refractivity contribution < 1.29 is 9.90 Å². The first-order chi connectivity index (χ1) is 4.09. The Morgan fingerprint density at radius 1 is 1.89 bits per heavy atom. The van der Waals surface area contributed by atoms with Crippen LogP contribution in [0.5, 0.6) is 0 Å². The molecule has 0 aromatic rings. The fourth-order valence-corrected chi connectivity index (χ4v) is 0.411. The third-order valence-corrected chi connectivity index (χ3v) is 1.11. The second kappa shape index (κ2) is 3.25. The van der Waals surface area contributed by atoms with E-state index in [1.807, 2.05) is 0 Å². The van der Waals surface area contributed by atoms with E-state index < -0.39 is 12.0 Å². The van der Waals surface area contributed by atoms with Crippen molar-refractivity contribution in [2.45, 2.75) is 19.4 Å². The van der Waals surface area contributed by atoms with Gasteiger partial charge in [-0.15, -0.1) is 0 Å². The molecule has 0 heterocycles. The van der Waals surface area contributed by atoms with Crippen LogP contribution in [0.2, 0.25) is 0 Å². The number of hydrogen-bond acceptors (Lipinski definition) is 2. The van der Waals surface area contributed by atoms with Crippen molar-refractivity contribution in [3.8, 4) is 0 Å². The molecule has 0 aromatic heterocycles. The Morgan fingerprint density at radius 3 is 2.44 bits per heavy atom. The van der Waals surface area contributed by atoms with Crippen molar-refractivity contribution in [1.29, 1.82) is 0 Å². The fourth-order valence-electron chi connectivity index (χ4n) is 0.411. The lowest BCUT2D eigenvalue weighted by Gasteiger charge is -2.05. The summed E-state index contributed by atoms with van der Waals surface area (Å²) in [6.45, 7) is 5.05. The zero-order valence-electron chi connectivity index (χ0n) is 5.42. The molecule has 0 saturated heterocycles. The Bertz CT molecular complexity index is 131. The molecule has 0 fully saturated rings. The topological polar surface area (TPSA) is 63.3 Å². The quantitative estimate of drug-likeness (QED) is 0.518. The van der Waals surface area contributed by atoms with Crippen molar-refractivity contribution >= 4 is 5.91 Å². The van der Waals surface area contributed by atoms with Gasteiger partial charge in [0.2, 0.25) is 5.91 Å². The molecule has 0 aliphatic heterocycles. The predicted octanol–water partition coefficient (Wildman–Crippen LogP) is -0.201. The summed E-state index contributed by atoms with van der Waals surface area (Å²) in [5, 5.41) is 8.90. The monoisotopic (exact) mass is 129 g/mol. The maximum atomic E-state index is 10.3. The highest BCUT2D eigenvalue weighted by molar-refractivity contribution is 5.92. The first-order valence-corrected chi connectivity index (χ1v) is 2.76. The van der Waals surface area contributed by atoms with Crippen molar-refractivity contribution in [2.75, 3.05) is 0 Å². The van der Waals surface area contributed by atoms with Crippen LogP contribution in [0.4, 0.5) is 0 Å². The third-order valence-electron chi connectivity index (χ3n) is 1.11. The maximum Gasteiger partial charge on any atom is 0.246 e. The number of carbonyl (C=O) groups excluding carboxylic acids is 1. The molecule has 3 nitrogen and oxygen atoms in total. The lowest BCUT2D eigenvalue weighted by molar-refractivity contribution is -0.115. The van der Waals surface area contributed by atoms with Gasteiger partial charge in [-0.2, -0.15) is 0 Å². The maximum absolute atomic E-state index is 10.3. The standard InChI is InChI=1S/C6H11NO2/c1-3-5(8)4(2)6(7)9/h5,8H,2-3H2,1H3,(H2,7,9)/t5-/m0/s1. The molecule has 0 saturated carbocycles. The van der Waals surface area contributed by atoms with E-state index in [1.54, 1.807) is 6.92 Å². The van der Waals surface area contributed by atoms with E-state index in [1.165, 1.54) is 0 Å². The van der Waals surface area contributed by atoms with Gasteiger partial charge in [0.25, 0.3) is 0 Å². The van der Waals surface area contributed by atoms with E-state index in [9.17, 15) is 4.79 Å². The van der Waals surface area contributed by atoms with Gasteiger partial charge in [-0.1, -0.05) is 13.5 Å². The highest BCUT2D eigenvalue weighted by Crippen LogP contribution is 2.00. The van der Waals surface area contributed by atoms with Crippen molar-refractivity contribution in [3.05, 3.63) is 12.2 Å². The Labute approximate surface area is 54.2 Å². The van der Waals surface area contributed by atoms with Gasteiger partial charge in [-0.05, 0) is 6.42 Å². The molecular formula is C6H11NO2. The zero-order valence-corrected chi connectivity index (χ0v) is 5.42. The second-order valence-electron chi connectivity index (χ2n) is 1.81. The molecule has 0 unspecified atom stereocenters. The number of aliphatic hydroxyl groups is 1. The molecule has 0 bridgehead atoms. The number of primary amides is 1. The van der Waals surface area contributed by atoms with E-state index in [0.29, 0.717) is 6.42 Å². The minimum Gasteiger partial charge on any atom is -0.388 e. The van der Waals surface area contributed by atoms with E-state index in [2.05, 4.69) is 6.58 Å². The first kappa shape index (κ1) is 8.17. The molecule has 0 rings (SSSR count). The number of amides is 1. The third kappa shape index (κ3) is 2.28. The summed E-state index contributed by atoms with van der Waals surface area (Å²) in [7, 11) is 0. The van der Waals surface area contributed by atoms with E-state index in [-0.39, 0.29) is 5.57 Å². The molecule has 1 amide bonds. The highest BCUT2D eigenvalue weighted by Gasteiger charge is 2.09. The van der Waals surface area contributed by atoms with Crippen LogP contribution in [-0.4, -0.2) is 17.1 Å². The Balaban J connectivity index is 3.88. The van der Waals surface area contributed by atoms with Crippen LogP contribution in [-0.2, 0) is 4.79 Å². The number of nitrogens with two attached hydrogens (primary N) is 1. The molecule has 0 aromatic carbocycles. The van der Waals surface area contributed by atoms with Gasteiger partial charge < -0.3 is 10.8 Å². The van der Waals surface area contributed by atoms with E-state index in [4.69, 9.17) is 10.8 Å². The molecule has 0 radical (unpaired) electrons. The van der Waals surface area contributed by atoms with Crippen LogP contribution >= 0.6 is 0 Å². The summed E-state index contributed by atoms with van der Waals surface area (Å²) < 4.78 is 0. The van der Waals surface area contributed by atoms with Crippen molar-refractivity contribution in [3.63, 3.8) is 0 Å². The van der Waals surface area contributed by atoms with Gasteiger partial charge >= 0.3 is 0 Å². The van der Waals surface area contributed by atoms with Crippen LogP contribution in [0, 0.1) is 0 Å². The van der Waals surface area contributed by atoms with E-state index in [0.717, 1.165) is 0 Å². The SMILES string of the molecule is C=C(C(N)=O)[C@@H](O)CC. The van der Waals surface area contributed by atoms with Crippen LogP contribution in [0.25, 0.3) is 0 Å². The Hall–Kier alpha value is -0.830. The molecule has 3 heteroatoms. The van der Waals surface area contributed by atoms with Gasteiger partial charge in [-0.25, -0.2) is 0 Å². The molecular weight excluding hydrogens is 118 g/mol. The molecule has 0 aliphatic rings. The van der Waals surface area contributed by atoms with Crippen molar-refractivity contribution in [1.82, 2.24) is 0 Å².